The summed E-state index contributed by atoms with van der Waals surface area (Å²) >= 11 is 30.2. The van der Waals surface area contributed by atoms with Crippen molar-refractivity contribution >= 4 is 81.4 Å². The molecule has 1 aromatic rings. The van der Waals surface area contributed by atoms with Crippen LogP contribution in [0.1, 0.15) is 13.8 Å². The van der Waals surface area contributed by atoms with E-state index >= 15 is 0 Å². The first-order chi connectivity index (χ1) is 10.5. The van der Waals surface area contributed by atoms with E-state index in [1.54, 1.807) is 0 Å². The van der Waals surface area contributed by atoms with Gasteiger partial charge in [-0.1, -0.05) is 18.2 Å². The van der Waals surface area contributed by atoms with Gasteiger partial charge in [0.05, 0.1) is 0 Å². The van der Waals surface area contributed by atoms with Crippen LogP contribution in [0.5, 0.6) is 0 Å². The van der Waals surface area contributed by atoms with Gasteiger partial charge in [0.25, 0.3) is 0 Å². The van der Waals surface area contributed by atoms with E-state index in [-0.39, 0.29) is 0 Å². The molecule has 0 amide bonds. The number of carbonyl (C=O) groups is 1. The van der Waals surface area contributed by atoms with E-state index in [1.165, 1.54) is 5.69 Å². The lowest BCUT2D eigenvalue weighted by molar-refractivity contribution is 0.0508. The maximum atomic E-state index is 10.5. The lowest BCUT2D eigenvalue weighted by Crippen LogP contribution is -2.22. The molecule has 1 rings (SSSR count). The molecule has 0 aliphatic rings. The van der Waals surface area contributed by atoms with E-state index in [2.05, 4.69) is 52.5 Å². The first kappa shape index (κ1) is 23.0. The zero-order valence-corrected chi connectivity index (χ0v) is 16.8. The minimum atomic E-state index is -2.24. The highest BCUT2D eigenvalue weighted by Crippen LogP contribution is 2.32. The number of para-hydroxylation sites is 1. The number of hydrogen-bond acceptors (Lipinski definition) is 4. The van der Waals surface area contributed by atoms with Gasteiger partial charge >= 0.3 is 14.1 Å². The third-order valence-corrected chi connectivity index (χ3v) is 2.75. The molecule has 0 radical (unpaired) electrons. The van der Waals surface area contributed by atoms with Crippen molar-refractivity contribution in [1.29, 1.82) is 0 Å². The largest absolute Gasteiger partial charge is 0.515 e. The molecule has 0 aliphatic heterocycles. The molecule has 4 nitrogen and oxygen atoms in total. The van der Waals surface area contributed by atoms with Gasteiger partial charge in [-0.15, -0.1) is 0 Å². The second-order valence-corrected chi connectivity index (χ2v) is 8.21. The third-order valence-electron chi connectivity index (χ3n) is 2.28. The number of anilines is 1. The SMILES string of the molecule is CCN(CC)c1ccccc1.O=C(OC(Cl)(Cl)Cl)OC(Cl)(Cl)Cl. The summed E-state index contributed by atoms with van der Waals surface area (Å²) in [5, 5.41) is 0. The van der Waals surface area contributed by atoms with Crippen molar-refractivity contribution in [1.82, 2.24) is 0 Å². The van der Waals surface area contributed by atoms with Gasteiger partial charge in [0.2, 0.25) is 0 Å². The lowest BCUT2D eigenvalue weighted by Gasteiger charge is -2.20. The molecule has 0 N–H and O–H groups in total. The van der Waals surface area contributed by atoms with Crippen molar-refractivity contribution in [3.63, 3.8) is 0 Å². The summed E-state index contributed by atoms with van der Waals surface area (Å²) in [5.41, 5.74) is 1.32. The number of hydrogen-bond donors (Lipinski definition) is 0. The summed E-state index contributed by atoms with van der Waals surface area (Å²) in [5.74, 6) is 0. The highest BCUT2D eigenvalue weighted by molar-refractivity contribution is 6.67. The van der Waals surface area contributed by atoms with Crippen LogP contribution in [0.2, 0.25) is 0 Å². The standard InChI is InChI=1S/C10H15N.C3Cl6O3/c1-3-11(4-2)10-8-6-5-7-9-10;4-2(5,6)11-1(10)12-3(7,8)9/h5-9H,3-4H2,1-2H3;. The Labute approximate surface area is 165 Å². The van der Waals surface area contributed by atoms with Gasteiger partial charge < -0.3 is 14.4 Å². The third kappa shape index (κ3) is 13.0. The number of nitrogens with zero attached hydrogens (tertiary/aromatic N) is 1. The van der Waals surface area contributed by atoms with E-state index in [0.717, 1.165) is 13.1 Å². The second-order valence-electron chi connectivity index (χ2n) is 3.85. The summed E-state index contributed by atoms with van der Waals surface area (Å²) in [6, 6.07) is 10.5. The van der Waals surface area contributed by atoms with Crippen molar-refractivity contribution in [2.45, 2.75) is 21.8 Å². The first-order valence-electron chi connectivity index (χ1n) is 6.34. The molecule has 0 saturated heterocycles. The maximum absolute atomic E-state index is 10.5. The predicted octanol–water partition coefficient (Wildman–Crippen LogP) is 6.33. The van der Waals surface area contributed by atoms with Gasteiger partial charge in [-0.2, -0.15) is 0 Å². The topological polar surface area (TPSA) is 38.8 Å². The van der Waals surface area contributed by atoms with Crippen LogP contribution in [-0.4, -0.2) is 27.2 Å². The Morgan fingerprint density at radius 2 is 1.30 bits per heavy atom. The van der Waals surface area contributed by atoms with Gasteiger partial charge in [-0.3, -0.25) is 0 Å². The van der Waals surface area contributed by atoms with Crippen LogP contribution in [0.25, 0.3) is 0 Å². The minimum Gasteiger partial charge on any atom is -0.382 e. The molecule has 1 aromatic carbocycles. The second kappa shape index (κ2) is 10.8. The Hall–Kier alpha value is 0.0300. The molecule has 23 heavy (non-hydrogen) atoms. The van der Waals surface area contributed by atoms with Crippen molar-refractivity contribution < 1.29 is 14.3 Å². The fraction of sp³-hybridized carbons (Fsp3) is 0.462. The van der Waals surface area contributed by atoms with Crippen molar-refractivity contribution in [3.05, 3.63) is 30.3 Å². The maximum Gasteiger partial charge on any atom is 0.515 e. The molecule has 0 bridgehead atoms. The fourth-order valence-electron chi connectivity index (χ4n) is 1.44. The molecule has 0 atom stereocenters. The molecule has 0 unspecified atom stereocenters. The number of carbonyl (C=O) groups excluding carboxylic acids is 1. The van der Waals surface area contributed by atoms with Gasteiger partial charge in [-0.25, -0.2) is 4.79 Å². The Morgan fingerprint density at radius 1 is 0.913 bits per heavy atom. The van der Waals surface area contributed by atoms with Gasteiger partial charge in [0.1, 0.15) is 0 Å². The molecule has 0 saturated carbocycles. The molecule has 10 heteroatoms. The first-order valence-corrected chi connectivity index (χ1v) is 8.60. The fourth-order valence-corrected chi connectivity index (χ4v) is 1.82. The molecule has 0 heterocycles. The van der Waals surface area contributed by atoms with Crippen LogP contribution in [0.3, 0.4) is 0 Å². The Morgan fingerprint density at radius 3 is 1.61 bits per heavy atom. The molecule has 0 fully saturated rings. The normalized spacial score (nSPS) is 11.1. The van der Waals surface area contributed by atoms with Crippen LogP contribution < -0.4 is 4.90 Å². The molecule has 0 spiro atoms. The number of halogens is 6. The summed E-state index contributed by atoms with van der Waals surface area (Å²) in [7, 11) is 0. The van der Waals surface area contributed by atoms with E-state index in [0.29, 0.717) is 0 Å². The van der Waals surface area contributed by atoms with E-state index < -0.39 is 14.1 Å². The average Bonchev–Trinajstić information content (AvgIpc) is 2.37. The highest BCUT2D eigenvalue weighted by atomic mass is 35.6. The molecule has 0 aromatic heterocycles. The zero-order valence-electron chi connectivity index (χ0n) is 12.2. The van der Waals surface area contributed by atoms with Crippen LogP contribution in [0, 0.1) is 0 Å². The highest BCUT2D eigenvalue weighted by Gasteiger charge is 2.32. The predicted molar refractivity (Wildman–Crippen MR) is 98.1 cm³/mol. The van der Waals surface area contributed by atoms with Gasteiger partial charge in [0.15, 0.2) is 0 Å². The Bertz CT molecular complexity index is 439. The average molecular weight is 446 g/mol. The molecule has 132 valence electrons. The quantitative estimate of drug-likeness (QED) is 0.402. The van der Waals surface area contributed by atoms with Gasteiger partial charge in [0, 0.05) is 18.8 Å². The number of benzene rings is 1. The van der Waals surface area contributed by atoms with Crippen LogP contribution >= 0.6 is 69.6 Å². The molecule has 0 aliphatic carbocycles. The van der Waals surface area contributed by atoms with Crippen molar-refractivity contribution in [3.8, 4) is 0 Å². The number of alkyl halides is 6. The summed E-state index contributed by atoms with van der Waals surface area (Å²) in [6.07, 6.45) is -1.41. The summed E-state index contributed by atoms with van der Waals surface area (Å²) in [6.45, 7) is 6.52. The zero-order chi connectivity index (χ0) is 18.1. The van der Waals surface area contributed by atoms with Crippen molar-refractivity contribution in [2.24, 2.45) is 0 Å². The molecular weight excluding hydrogens is 431 g/mol. The Kier molecular flexibility index (Phi) is 10.8. The van der Waals surface area contributed by atoms with Crippen LogP contribution in [0.15, 0.2) is 30.3 Å². The Balaban J connectivity index is 0.000000422. The lowest BCUT2D eigenvalue weighted by atomic mass is 10.3. The van der Waals surface area contributed by atoms with E-state index in [4.69, 9.17) is 69.6 Å². The summed E-state index contributed by atoms with van der Waals surface area (Å²) < 4.78 is 3.50. The van der Waals surface area contributed by atoms with Crippen molar-refractivity contribution in [2.75, 3.05) is 18.0 Å². The van der Waals surface area contributed by atoms with E-state index in [9.17, 15) is 4.79 Å². The smallest absolute Gasteiger partial charge is 0.382 e. The van der Waals surface area contributed by atoms with Crippen LogP contribution in [0.4, 0.5) is 10.5 Å². The van der Waals surface area contributed by atoms with Crippen LogP contribution in [-0.2, 0) is 9.47 Å². The monoisotopic (exact) mass is 443 g/mol. The molecular formula is C13H15Cl6NO3. The van der Waals surface area contributed by atoms with E-state index in [1.807, 2.05) is 6.07 Å². The van der Waals surface area contributed by atoms with Gasteiger partial charge in [-0.05, 0) is 95.6 Å². The number of ether oxygens (including phenoxy) is 2. The summed E-state index contributed by atoms with van der Waals surface area (Å²) in [4.78, 5) is 12.9. The number of rotatable bonds is 3. The minimum absolute atomic E-state index is 1.08.